The van der Waals surface area contributed by atoms with Crippen molar-refractivity contribution < 1.29 is 33.2 Å². The van der Waals surface area contributed by atoms with Gasteiger partial charge in [-0.3, -0.25) is 4.79 Å². The van der Waals surface area contributed by atoms with E-state index in [9.17, 15) is 4.79 Å². The minimum absolute atomic E-state index is 0.131. The maximum atomic E-state index is 12.8. The summed E-state index contributed by atoms with van der Waals surface area (Å²) < 4.78 is 35.2. The van der Waals surface area contributed by atoms with Gasteiger partial charge in [0.25, 0.3) is 0 Å². The van der Waals surface area contributed by atoms with Crippen LogP contribution in [0.15, 0.2) is 29.2 Å². The molecule has 0 aromatic heterocycles. The Bertz CT molecular complexity index is 961. The number of fused-ring (bicyclic) bond motifs is 3. The van der Waals surface area contributed by atoms with Gasteiger partial charge in [0.1, 0.15) is 0 Å². The van der Waals surface area contributed by atoms with Crippen molar-refractivity contribution in [3.63, 3.8) is 0 Å². The lowest BCUT2D eigenvalue weighted by atomic mass is 9.71. The highest BCUT2D eigenvalue weighted by molar-refractivity contribution is 6.05. The number of methoxy groups -OCH3 is 5. The van der Waals surface area contributed by atoms with E-state index in [0.29, 0.717) is 29.4 Å². The number of carbonyl (C=O) groups is 1. The Labute approximate surface area is 176 Å². The number of rotatable bonds is 5. The number of benzene rings is 1. The zero-order valence-electron chi connectivity index (χ0n) is 18.5. The highest BCUT2D eigenvalue weighted by Crippen LogP contribution is 2.65. The fraction of sp³-hybridized carbons (Fsp3) is 0.522. The van der Waals surface area contributed by atoms with Crippen molar-refractivity contribution in [1.29, 1.82) is 0 Å². The Balaban J connectivity index is 2.16. The van der Waals surface area contributed by atoms with Gasteiger partial charge in [0.05, 0.1) is 41.7 Å². The molecule has 0 radical (unpaired) electrons. The van der Waals surface area contributed by atoms with E-state index < -0.39 is 5.60 Å². The molecule has 2 heterocycles. The van der Waals surface area contributed by atoms with E-state index in [0.717, 1.165) is 16.7 Å². The summed E-state index contributed by atoms with van der Waals surface area (Å²) in [7, 11) is 7.74. The van der Waals surface area contributed by atoms with E-state index in [1.165, 1.54) is 14.2 Å². The second-order valence-corrected chi connectivity index (χ2v) is 7.97. The van der Waals surface area contributed by atoms with E-state index in [4.69, 9.17) is 28.4 Å². The van der Waals surface area contributed by atoms with Gasteiger partial charge in [-0.1, -0.05) is 13.8 Å². The van der Waals surface area contributed by atoms with Crippen LogP contribution < -0.4 is 14.2 Å². The molecule has 30 heavy (non-hydrogen) atoms. The molecule has 0 N–H and O–H groups in total. The zero-order chi connectivity index (χ0) is 21.8. The standard InChI is InChI=1S/C23H28O7/c1-11-8-13-9-15(24)19(26-4)22(29-7)23(13)17-14(18(30-23)12(11)2)10-16(25-3)20(27-5)21(17)28-6/h9-12,18H,8H2,1-7H3. The third-order valence-electron chi connectivity index (χ3n) is 6.66. The number of carbonyl (C=O) groups excluding carboxylic acids is 1. The van der Waals surface area contributed by atoms with Gasteiger partial charge in [0, 0.05) is 5.56 Å². The predicted molar refractivity (Wildman–Crippen MR) is 109 cm³/mol. The second-order valence-electron chi connectivity index (χ2n) is 7.97. The molecule has 2 aliphatic heterocycles. The Kier molecular flexibility index (Phi) is 4.97. The molecule has 1 aromatic carbocycles. The summed E-state index contributed by atoms with van der Waals surface area (Å²) in [4.78, 5) is 12.8. The fourth-order valence-corrected chi connectivity index (χ4v) is 5.08. The lowest BCUT2D eigenvalue weighted by molar-refractivity contribution is -0.118. The molecule has 1 fully saturated rings. The van der Waals surface area contributed by atoms with Gasteiger partial charge < -0.3 is 28.4 Å². The third kappa shape index (κ3) is 2.44. The summed E-state index contributed by atoms with van der Waals surface area (Å²) in [5.74, 6) is 2.23. The van der Waals surface area contributed by atoms with E-state index in [1.54, 1.807) is 27.4 Å². The molecule has 0 saturated carbocycles. The van der Waals surface area contributed by atoms with E-state index in [1.807, 2.05) is 6.07 Å². The molecule has 7 nitrogen and oxygen atoms in total. The molecule has 162 valence electrons. The average molecular weight is 416 g/mol. The Morgan fingerprint density at radius 3 is 2.23 bits per heavy atom. The quantitative estimate of drug-likeness (QED) is 0.725. The molecule has 2 bridgehead atoms. The van der Waals surface area contributed by atoms with Crippen LogP contribution in [0.3, 0.4) is 0 Å². The topological polar surface area (TPSA) is 72.5 Å². The monoisotopic (exact) mass is 416 g/mol. The molecule has 1 aliphatic carbocycles. The second kappa shape index (κ2) is 7.23. The van der Waals surface area contributed by atoms with Crippen LogP contribution in [0.5, 0.6) is 17.2 Å². The van der Waals surface area contributed by atoms with Gasteiger partial charge in [-0.05, 0) is 41.5 Å². The van der Waals surface area contributed by atoms with E-state index in [2.05, 4.69) is 13.8 Å². The van der Waals surface area contributed by atoms with Crippen LogP contribution in [-0.2, 0) is 24.6 Å². The summed E-state index contributed by atoms with van der Waals surface area (Å²) >= 11 is 0. The van der Waals surface area contributed by atoms with Crippen LogP contribution in [0, 0.1) is 11.8 Å². The first-order valence-electron chi connectivity index (χ1n) is 9.98. The van der Waals surface area contributed by atoms with Gasteiger partial charge >= 0.3 is 0 Å². The van der Waals surface area contributed by atoms with Gasteiger partial charge in [0.15, 0.2) is 22.9 Å². The molecular weight excluding hydrogens is 388 g/mol. The largest absolute Gasteiger partial charge is 0.493 e. The van der Waals surface area contributed by atoms with Crippen LogP contribution in [0.2, 0.25) is 0 Å². The minimum atomic E-state index is -1.13. The smallest absolute Gasteiger partial charge is 0.224 e. The molecule has 0 amide bonds. The predicted octanol–water partition coefficient (Wildman–Crippen LogP) is 3.67. The first kappa shape index (κ1) is 20.6. The lowest BCUT2D eigenvalue weighted by Crippen LogP contribution is -2.37. The lowest BCUT2D eigenvalue weighted by Gasteiger charge is -2.37. The molecule has 1 aromatic rings. The van der Waals surface area contributed by atoms with Gasteiger partial charge in [-0.15, -0.1) is 0 Å². The highest BCUT2D eigenvalue weighted by atomic mass is 16.6. The Morgan fingerprint density at radius 2 is 1.67 bits per heavy atom. The SMILES string of the molecule is COC1=C(OC)C23OC(c4cc(OC)c(OC)c(OC)c42)C(C)C(C)CC3=CC1=O. The molecule has 4 rings (SSSR count). The maximum Gasteiger partial charge on any atom is 0.224 e. The summed E-state index contributed by atoms with van der Waals surface area (Å²) in [5, 5.41) is 0. The Morgan fingerprint density at radius 1 is 0.967 bits per heavy atom. The summed E-state index contributed by atoms with van der Waals surface area (Å²) in [6.45, 7) is 4.34. The summed E-state index contributed by atoms with van der Waals surface area (Å²) in [6, 6.07) is 1.94. The maximum absolute atomic E-state index is 12.8. The van der Waals surface area contributed by atoms with Gasteiger partial charge in [0.2, 0.25) is 17.3 Å². The van der Waals surface area contributed by atoms with Crippen molar-refractivity contribution in [2.45, 2.75) is 32.0 Å². The molecule has 1 spiro atoms. The summed E-state index contributed by atoms with van der Waals surface area (Å²) in [6.07, 6.45) is 2.06. The third-order valence-corrected chi connectivity index (χ3v) is 6.66. The number of hydrogen-bond donors (Lipinski definition) is 0. The number of ether oxygens (including phenoxy) is 6. The van der Waals surface area contributed by atoms with Crippen molar-refractivity contribution in [2.75, 3.05) is 35.5 Å². The Hall–Kier alpha value is -2.67. The zero-order valence-corrected chi connectivity index (χ0v) is 18.5. The molecule has 3 aliphatic rings. The molecular formula is C23H28O7. The first-order chi connectivity index (χ1) is 14.4. The molecule has 4 unspecified atom stereocenters. The number of hydrogen-bond acceptors (Lipinski definition) is 7. The van der Waals surface area contributed by atoms with Crippen LogP contribution in [0.4, 0.5) is 0 Å². The van der Waals surface area contributed by atoms with Crippen molar-refractivity contribution in [3.8, 4) is 17.2 Å². The van der Waals surface area contributed by atoms with Crippen molar-refractivity contribution in [2.24, 2.45) is 11.8 Å². The van der Waals surface area contributed by atoms with Gasteiger partial charge in [-0.25, -0.2) is 0 Å². The van der Waals surface area contributed by atoms with E-state index >= 15 is 0 Å². The molecule has 7 heteroatoms. The van der Waals surface area contributed by atoms with Crippen LogP contribution in [-0.4, -0.2) is 41.3 Å². The average Bonchev–Trinajstić information content (AvgIpc) is 3.03. The first-order valence-corrected chi connectivity index (χ1v) is 9.98. The highest BCUT2D eigenvalue weighted by Gasteiger charge is 2.61. The molecule has 1 saturated heterocycles. The number of allylic oxidation sites excluding steroid dienone is 1. The number of ketones is 1. The van der Waals surface area contributed by atoms with Crippen molar-refractivity contribution in [1.82, 2.24) is 0 Å². The summed E-state index contributed by atoms with van der Waals surface area (Å²) in [5.41, 5.74) is 1.42. The van der Waals surface area contributed by atoms with Crippen LogP contribution >= 0.6 is 0 Å². The van der Waals surface area contributed by atoms with Gasteiger partial charge in [-0.2, -0.15) is 0 Å². The van der Waals surface area contributed by atoms with Crippen LogP contribution in [0.25, 0.3) is 0 Å². The fourth-order valence-electron chi connectivity index (χ4n) is 5.08. The normalized spacial score (nSPS) is 29.5. The van der Waals surface area contributed by atoms with Crippen molar-refractivity contribution in [3.05, 3.63) is 40.4 Å². The molecule has 4 atom stereocenters. The van der Waals surface area contributed by atoms with Crippen LogP contribution in [0.1, 0.15) is 37.5 Å². The van der Waals surface area contributed by atoms with E-state index in [-0.39, 0.29) is 29.5 Å². The van der Waals surface area contributed by atoms with Crippen molar-refractivity contribution >= 4 is 5.78 Å². The minimum Gasteiger partial charge on any atom is -0.493 e.